The van der Waals surface area contributed by atoms with E-state index in [0.717, 1.165) is 41.3 Å². The fourth-order valence-corrected chi connectivity index (χ4v) is 5.19. The van der Waals surface area contributed by atoms with Crippen LogP contribution in [0.3, 0.4) is 0 Å². The molecule has 0 saturated heterocycles. The van der Waals surface area contributed by atoms with Crippen LogP contribution in [0.2, 0.25) is 5.02 Å². The Bertz CT molecular complexity index is 1420. The molecule has 202 valence electrons. The largest absolute Gasteiger partial charge is 0.481 e. The van der Waals surface area contributed by atoms with Crippen molar-refractivity contribution in [1.29, 1.82) is 0 Å². The third-order valence-electron chi connectivity index (χ3n) is 7.01. The van der Waals surface area contributed by atoms with E-state index in [4.69, 9.17) is 21.4 Å². The van der Waals surface area contributed by atoms with Crippen molar-refractivity contribution in [2.75, 3.05) is 13.7 Å². The lowest BCUT2D eigenvalue weighted by atomic mass is 9.74. The lowest BCUT2D eigenvalue weighted by Gasteiger charge is -2.30. The number of aromatic nitrogens is 1. The van der Waals surface area contributed by atoms with Gasteiger partial charge in [-0.3, -0.25) is 9.59 Å². The van der Waals surface area contributed by atoms with Crippen LogP contribution in [0.5, 0.6) is 5.88 Å². The maximum atomic E-state index is 12.6. The molecule has 1 amide bonds. The highest BCUT2D eigenvalue weighted by molar-refractivity contribution is 6.30. The van der Waals surface area contributed by atoms with Gasteiger partial charge in [-0.05, 0) is 65.4 Å². The Morgan fingerprint density at radius 3 is 2.36 bits per heavy atom. The maximum absolute atomic E-state index is 12.6. The molecule has 0 bridgehead atoms. The van der Waals surface area contributed by atoms with Gasteiger partial charge in [0.25, 0.3) is 5.91 Å². The van der Waals surface area contributed by atoms with Crippen LogP contribution in [-0.2, 0) is 4.79 Å². The molecule has 0 aliphatic heterocycles. The Morgan fingerprint density at radius 1 is 0.974 bits per heavy atom. The van der Waals surface area contributed by atoms with Crippen LogP contribution in [0.15, 0.2) is 78.9 Å². The summed E-state index contributed by atoms with van der Waals surface area (Å²) in [4.78, 5) is 28.0. The average molecular weight is 545 g/mol. The molecule has 3 aromatic carbocycles. The quantitative estimate of drug-likeness (QED) is 0.197. The van der Waals surface area contributed by atoms with Crippen LogP contribution in [0.4, 0.5) is 0 Å². The molecule has 7 heteroatoms. The summed E-state index contributed by atoms with van der Waals surface area (Å²) in [7, 11) is 1.62. The maximum Gasteiger partial charge on any atom is 0.305 e. The number of rotatable bonds is 12. The van der Waals surface area contributed by atoms with E-state index in [-0.39, 0.29) is 30.7 Å². The normalized spacial score (nSPS) is 12.6. The van der Waals surface area contributed by atoms with Crippen LogP contribution >= 0.6 is 11.6 Å². The number of carbonyl (C=O) groups excluding carboxylic acids is 1. The third-order valence-corrected chi connectivity index (χ3v) is 7.26. The Hall–Kier alpha value is -3.90. The molecule has 4 aromatic rings. The number of carboxylic acids is 1. The minimum absolute atomic E-state index is 0.0166. The third kappa shape index (κ3) is 6.95. The topological polar surface area (TPSA) is 88.5 Å². The molecular weight excluding hydrogens is 512 g/mol. The molecule has 2 atom stereocenters. The standard InChI is InChI=1S/C32H33ClN2O4/c1-3-4-6-25(21-9-11-23(12-10-21)32(38)34-20-19-30(36)37)31(22-13-15-24(33)16-14-22)27-7-5-8-28-26(27)17-18-29(35-28)39-2/h5,7-18,25,31H,3-4,6,19-20H2,1-2H3,(H,34,38)(H,36,37)/t25-,31?/m1/s1. The van der Waals surface area contributed by atoms with Crippen LogP contribution < -0.4 is 10.1 Å². The van der Waals surface area contributed by atoms with Gasteiger partial charge in [-0.25, -0.2) is 4.98 Å². The van der Waals surface area contributed by atoms with Gasteiger partial charge in [-0.2, -0.15) is 0 Å². The van der Waals surface area contributed by atoms with Gasteiger partial charge in [-0.15, -0.1) is 0 Å². The molecule has 1 heterocycles. The van der Waals surface area contributed by atoms with Crippen molar-refractivity contribution >= 4 is 34.4 Å². The number of benzene rings is 3. The number of aliphatic carboxylic acids is 1. The fraction of sp³-hybridized carbons (Fsp3) is 0.281. The van der Waals surface area contributed by atoms with Crippen LogP contribution in [0, 0.1) is 0 Å². The van der Waals surface area contributed by atoms with E-state index in [2.05, 4.69) is 41.5 Å². The first kappa shape index (κ1) is 28.1. The molecule has 0 radical (unpaired) electrons. The van der Waals surface area contributed by atoms with Crippen LogP contribution in [0.25, 0.3) is 10.9 Å². The molecule has 4 rings (SSSR count). The van der Waals surface area contributed by atoms with E-state index in [0.29, 0.717) is 16.5 Å². The summed E-state index contributed by atoms with van der Waals surface area (Å²) < 4.78 is 5.37. The van der Waals surface area contributed by atoms with Gasteiger partial charge >= 0.3 is 5.97 Å². The molecule has 0 saturated carbocycles. The van der Waals surface area contributed by atoms with Crippen molar-refractivity contribution in [3.63, 3.8) is 0 Å². The van der Waals surface area contributed by atoms with Crippen molar-refractivity contribution in [2.24, 2.45) is 0 Å². The lowest BCUT2D eigenvalue weighted by Crippen LogP contribution is -2.26. The van der Waals surface area contributed by atoms with E-state index in [1.54, 1.807) is 7.11 Å². The predicted molar refractivity (Wildman–Crippen MR) is 155 cm³/mol. The van der Waals surface area contributed by atoms with Gasteiger partial charge in [0.05, 0.1) is 19.0 Å². The van der Waals surface area contributed by atoms with Gasteiger partial charge in [-0.1, -0.05) is 67.8 Å². The Labute approximate surface area is 234 Å². The second kappa shape index (κ2) is 13.3. The number of carboxylic acid groups (broad SMARTS) is 1. The first-order chi connectivity index (χ1) is 18.9. The van der Waals surface area contributed by atoms with E-state index in [9.17, 15) is 9.59 Å². The highest BCUT2D eigenvalue weighted by Crippen LogP contribution is 2.44. The second-order valence-corrected chi connectivity index (χ2v) is 10.0. The molecule has 39 heavy (non-hydrogen) atoms. The number of nitrogens with zero attached hydrogens (tertiary/aromatic N) is 1. The summed E-state index contributed by atoms with van der Waals surface area (Å²) in [5, 5.41) is 13.3. The van der Waals surface area contributed by atoms with Gasteiger partial charge in [0, 0.05) is 34.5 Å². The Morgan fingerprint density at radius 2 is 1.69 bits per heavy atom. The minimum Gasteiger partial charge on any atom is -0.481 e. The summed E-state index contributed by atoms with van der Waals surface area (Å²) in [5.41, 5.74) is 4.82. The van der Waals surface area contributed by atoms with Gasteiger partial charge < -0.3 is 15.2 Å². The van der Waals surface area contributed by atoms with E-state index in [1.165, 1.54) is 5.56 Å². The number of hydrogen-bond acceptors (Lipinski definition) is 4. The van der Waals surface area contributed by atoms with Crippen molar-refractivity contribution in [2.45, 2.75) is 44.4 Å². The van der Waals surface area contributed by atoms with E-state index in [1.807, 2.05) is 54.6 Å². The SMILES string of the molecule is CCCC[C@H](c1ccc(C(=O)NCCC(=O)O)cc1)C(c1ccc(Cl)cc1)c1cccc2nc(OC)ccc12. The summed E-state index contributed by atoms with van der Waals surface area (Å²) in [5.74, 6) is -0.510. The smallest absolute Gasteiger partial charge is 0.305 e. The summed E-state index contributed by atoms with van der Waals surface area (Å²) >= 11 is 6.28. The summed E-state index contributed by atoms with van der Waals surface area (Å²) in [6.45, 7) is 2.28. The number of hydrogen-bond donors (Lipinski definition) is 2. The molecule has 2 N–H and O–H groups in total. The lowest BCUT2D eigenvalue weighted by molar-refractivity contribution is -0.136. The zero-order chi connectivity index (χ0) is 27.8. The number of ether oxygens (including phenoxy) is 1. The highest BCUT2D eigenvalue weighted by Gasteiger charge is 2.28. The molecule has 1 unspecified atom stereocenters. The Balaban J connectivity index is 1.77. The van der Waals surface area contributed by atoms with Crippen molar-refractivity contribution in [3.05, 3.63) is 106 Å². The number of carbonyl (C=O) groups is 2. The average Bonchev–Trinajstić information content (AvgIpc) is 2.95. The molecule has 0 fully saturated rings. The number of halogens is 1. The van der Waals surface area contributed by atoms with Gasteiger partial charge in [0.15, 0.2) is 0 Å². The van der Waals surface area contributed by atoms with Gasteiger partial charge in [0.2, 0.25) is 5.88 Å². The summed E-state index contributed by atoms with van der Waals surface area (Å²) in [6, 6.07) is 25.9. The first-order valence-corrected chi connectivity index (χ1v) is 13.6. The second-order valence-electron chi connectivity index (χ2n) is 9.57. The zero-order valence-electron chi connectivity index (χ0n) is 22.2. The van der Waals surface area contributed by atoms with Gasteiger partial charge in [0.1, 0.15) is 0 Å². The van der Waals surface area contributed by atoms with E-state index >= 15 is 0 Å². The number of methoxy groups -OCH3 is 1. The fourth-order valence-electron chi connectivity index (χ4n) is 5.06. The van der Waals surface area contributed by atoms with Crippen LogP contribution in [0.1, 0.15) is 71.5 Å². The molecule has 0 aliphatic carbocycles. The monoisotopic (exact) mass is 544 g/mol. The highest BCUT2D eigenvalue weighted by atomic mass is 35.5. The number of pyridine rings is 1. The van der Waals surface area contributed by atoms with Crippen molar-refractivity contribution < 1.29 is 19.4 Å². The van der Waals surface area contributed by atoms with Crippen molar-refractivity contribution in [1.82, 2.24) is 10.3 Å². The number of fused-ring (bicyclic) bond motifs is 1. The predicted octanol–water partition coefficient (Wildman–Crippen LogP) is 7.21. The first-order valence-electron chi connectivity index (χ1n) is 13.2. The molecule has 0 aliphatic rings. The molecule has 1 aromatic heterocycles. The number of unbranched alkanes of at least 4 members (excludes halogenated alkanes) is 1. The molecular formula is C32H33ClN2O4. The summed E-state index contributed by atoms with van der Waals surface area (Å²) in [6.07, 6.45) is 2.94. The number of amides is 1. The minimum atomic E-state index is -0.945. The molecule has 6 nitrogen and oxygen atoms in total. The van der Waals surface area contributed by atoms with Crippen LogP contribution in [-0.4, -0.2) is 35.6 Å². The van der Waals surface area contributed by atoms with Crippen molar-refractivity contribution in [3.8, 4) is 5.88 Å². The zero-order valence-corrected chi connectivity index (χ0v) is 22.9. The van der Waals surface area contributed by atoms with E-state index < -0.39 is 5.97 Å². The Kier molecular flexibility index (Phi) is 9.55. The number of nitrogens with one attached hydrogen (secondary N) is 1. The molecule has 0 spiro atoms.